The Morgan fingerprint density at radius 2 is 2.04 bits per heavy atom. The monoisotopic (exact) mass is 403 g/mol. The molecule has 1 N–H and O–H groups in total. The predicted molar refractivity (Wildman–Crippen MR) is 118 cm³/mol. The molecule has 2 aromatic rings. The molecular weight excluding hydrogens is 374 g/mol. The molecule has 1 aliphatic rings. The highest BCUT2D eigenvalue weighted by Crippen LogP contribution is 2.44. The fraction of sp³-hybridized carbons (Fsp3) is 0.524. The van der Waals surface area contributed by atoms with Gasteiger partial charge in [-0.1, -0.05) is 26.0 Å². The molecule has 0 aliphatic carbocycles. The normalized spacial score (nSPS) is 15.3. The number of hydrogen-bond acceptors (Lipinski definition) is 4. The SMILES string of the molecule is Cc1nn(CC(C)C)c(C)c1CC(=O)Nc1cccc(C2SCCCS2)c1. The van der Waals surface area contributed by atoms with Gasteiger partial charge in [-0.2, -0.15) is 5.10 Å². The number of aromatic nitrogens is 2. The molecule has 1 saturated heterocycles. The van der Waals surface area contributed by atoms with Gasteiger partial charge >= 0.3 is 0 Å². The van der Waals surface area contributed by atoms with Gasteiger partial charge in [0, 0.05) is 23.5 Å². The molecule has 0 radical (unpaired) electrons. The average Bonchev–Trinajstić information content (AvgIpc) is 2.89. The van der Waals surface area contributed by atoms with Gasteiger partial charge in [0.25, 0.3) is 0 Å². The van der Waals surface area contributed by atoms with Crippen molar-refractivity contribution in [1.29, 1.82) is 0 Å². The Labute approximate surface area is 170 Å². The van der Waals surface area contributed by atoms with Crippen molar-refractivity contribution in [3.8, 4) is 0 Å². The minimum absolute atomic E-state index is 0.0198. The summed E-state index contributed by atoms with van der Waals surface area (Å²) in [6.45, 7) is 9.29. The first-order valence-corrected chi connectivity index (χ1v) is 11.7. The van der Waals surface area contributed by atoms with E-state index in [2.05, 4.69) is 43.3 Å². The molecule has 0 bridgehead atoms. The fourth-order valence-corrected chi connectivity index (χ4v) is 6.20. The molecule has 0 atom stereocenters. The van der Waals surface area contributed by atoms with Crippen molar-refractivity contribution in [1.82, 2.24) is 9.78 Å². The second-order valence-corrected chi connectivity index (χ2v) is 10.2. The summed E-state index contributed by atoms with van der Waals surface area (Å²) in [6.07, 6.45) is 1.65. The average molecular weight is 404 g/mol. The number of benzene rings is 1. The molecule has 0 saturated carbocycles. The second-order valence-electron chi connectivity index (χ2n) is 7.50. The minimum Gasteiger partial charge on any atom is -0.326 e. The summed E-state index contributed by atoms with van der Waals surface area (Å²) in [6, 6.07) is 8.30. The Balaban J connectivity index is 1.67. The minimum atomic E-state index is 0.0198. The van der Waals surface area contributed by atoms with Crippen LogP contribution >= 0.6 is 23.5 Å². The van der Waals surface area contributed by atoms with Crippen LogP contribution in [-0.2, 0) is 17.8 Å². The highest BCUT2D eigenvalue weighted by Gasteiger charge is 2.18. The van der Waals surface area contributed by atoms with Crippen LogP contribution in [0.4, 0.5) is 5.69 Å². The first-order chi connectivity index (χ1) is 12.9. The van der Waals surface area contributed by atoms with Gasteiger partial charge in [-0.15, -0.1) is 23.5 Å². The zero-order chi connectivity index (χ0) is 19.4. The summed E-state index contributed by atoms with van der Waals surface area (Å²) in [5.41, 5.74) is 5.27. The maximum Gasteiger partial charge on any atom is 0.228 e. The summed E-state index contributed by atoms with van der Waals surface area (Å²) in [4.78, 5) is 12.6. The van der Waals surface area contributed by atoms with Crippen molar-refractivity contribution in [2.45, 2.75) is 51.7 Å². The van der Waals surface area contributed by atoms with E-state index in [1.807, 2.05) is 47.3 Å². The van der Waals surface area contributed by atoms with Crippen molar-refractivity contribution >= 4 is 35.1 Å². The summed E-state index contributed by atoms with van der Waals surface area (Å²) in [5.74, 6) is 2.98. The summed E-state index contributed by atoms with van der Waals surface area (Å²) in [5, 5.41) is 7.70. The largest absolute Gasteiger partial charge is 0.326 e. The van der Waals surface area contributed by atoms with Crippen molar-refractivity contribution in [3.63, 3.8) is 0 Å². The summed E-state index contributed by atoms with van der Waals surface area (Å²) >= 11 is 3.99. The third kappa shape index (κ3) is 5.32. The van der Waals surface area contributed by atoms with Crippen LogP contribution in [-0.4, -0.2) is 27.2 Å². The fourth-order valence-electron chi connectivity index (χ4n) is 3.32. The van der Waals surface area contributed by atoms with Gasteiger partial charge in [-0.25, -0.2) is 0 Å². The van der Waals surface area contributed by atoms with Gasteiger partial charge in [0.15, 0.2) is 0 Å². The zero-order valence-electron chi connectivity index (χ0n) is 16.6. The van der Waals surface area contributed by atoms with Crippen molar-refractivity contribution in [2.24, 2.45) is 5.92 Å². The van der Waals surface area contributed by atoms with Crippen LogP contribution in [0.2, 0.25) is 0 Å². The van der Waals surface area contributed by atoms with Crippen LogP contribution in [0, 0.1) is 19.8 Å². The molecule has 1 aromatic carbocycles. The van der Waals surface area contributed by atoms with Crippen LogP contribution in [0.1, 0.15) is 47.4 Å². The molecule has 0 unspecified atom stereocenters. The molecular formula is C21H29N3OS2. The number of anilines is 1. The van der Waals surface area contributed by atoms with E-state index in [0.29, 0.717) is 16.9 Å². The van der Waals surface area contributed by atoms with E-state index < -0.39 is 0 Å². The lowest BCUT2D eigenvalue weighted by Crippen LogP contribution is -2.16. The second kappa shape index (κ2) is 9.20. The molecule has 1 fully saturated rings. The lowest BCUT2D eigenvalue weighted by molar-refractivity contribution is -0.115. The number of carbonyl (C=O) groups excluding carboxylic acids is 1. The molecule has 1 amide bonds. The number of rotatable bonds is 6. The lowest BCUT2D eigenvalue weighted by Gasteiger charge is -2.21. The van der Waals surface area contributed by atoms with Crippen molar-refractivity contribution in [3.05, 3.63) is 46.8 Å². The van der Waals surface area contributed by atoms with Crippen LogP contribution in [0.15, 0.2) is 24.3 Å². The van der Waals surface area contributed by atoms with Crippen LogP contribution in [0.5, 0.6) is 0 Å². The molecule has 146 valence electrons. The number of hydrogen-bond donors (Lipinski definition) is 1. The van der Waals surface area contributed by atoms with E-state index >= 15 is 0 Å². The quantitative estimate of drug-likeness (QED) is 0.719. The van der Waals surface area contributed by atoms with Gasteiger partial charge < -0.3 is 5.32 Å². The van der Waals surface area contributed by atoms with Gasteiger partial charge in [0.2, 0.25) is 5.91 Å². The molecule has 6 heteroatoms. The third-order valence-electron chi connectivity index (χ3n) is 4.68. The molecule has 3 rings (SSSR count). The number of nitrogens with zero attached hydrogens (tertiary/aromatic N) is 2. The van der Waals surface area contributed by atoms with E-state index in [0.717, 1.165) is 29.2 Å². The third-order valence-corrected chi connectivity index (χ3v) is 7.69. The van der Waals surface area contributed by atoms with E-state index in [4.69, 9.17) is 0 Å². The number of nitrogens with one attached hydrogen (secondary N) is 1. The van der Waals surface area contributed by atoms with Crippen LogP contribution in [0.3, 0.4) is 0 Å². The maximum absolute atomic E-state index is 12.6. The standard InChI is InChI=1S/C21H29N3OS2/c1-14(2)13-24-16(4)19(15(3)23-24)12-20(25)22-18-8-5-7-17(11-18)21-26-9-6-10-27-21/h5,7-8,11,14,21H,6,9-10,12-13H2,1-4H3,(H,22,25). The number of carbonyl (C=O) groups is 1. The van der Waals surface area contributed by atoms with Gasteiger partial charge in [0.1, 0.15) is 0 Å². The number of thioether (sulfide) groups is 2. The predicted octanol–water partition coefficient (Wildman–Crippen LogP) is 5.21. The molecule has 2 heterocycles. The topological polar surface area (TPSA) is 46.9 Å². The maximum atomic E-state index is 12.6. The molecule has 0 spiro atoms. The molecule has 27 heavy (non-hydrogen) atoms. The Morgan fingerprint density at radius 1 is 1.30 bits per heavy atom. The number of aryl methyl sites for hydroxylation is 1. The lowest BCUT2D eigenvalue weighted by atomic mass is 10.1. The zero-order valence-corrected chi connectivity index (χ0v) is 18.3. The Bertz CT molecular complexity index is 795. The summed E-state index contributed by atoms with van der Waals surface area (Å²) in [7, 11) is 0. The molecule has 1 aliphatic heterocycles. The Hall–Kier alpha value is -1.40. The first kappa shape index (κ1) is 20.3. The van der Waals surface area contributed by atoms with Gasteiger partial charge in [-0.3, -0.25) is 9.48 Å². The number of amides is 1. The van der Waals surface area contributed by atoms with E-state index in [-0.39, 0.29) is 5.91 Å². The van der Waals surface area contributed by atoms with Gasteiger partial charge in [-0.05, 0) is 55.4 Å². The van der Waals surface area contributed by atoms with Crippen molar-refractivity contribution in [2.75, 3.05) is 16.8 Å². The molecule has 1 aromatic heterocycles. The van der Waals surface area contributed by atoms with Crippen LogP contribution < -0.4 is 5.32 Å². The molecule has 4 nitrogen and oxygen atoms in total. The van der Waals surface area contributed by atoms with Crippen LogP contribution in [0.25, 0.3) is 0 Å². The highest BCUT2D eigenvalue weighted by atomic mass is 32.2. The Kier molecular flexibility index (Phi) is 6.93. The van der Waals surface area contributed by atoms with Gasteiger partial charge in [0.05, 0.1) is 16.7 Å². The summed E-state index contributed by atoms with van der Waals surface area (Å²) < 4.78 is 2.51. The van der Waals surface area contributed by atoms with E-state index in [1.54, 1.807) is 0 Å². The Morgan fingerprint density at radius 3 is 2.74 bits per heavy atom. The first-order valence-electron chi connectivity index (χ1n) is 9.60. The smallest absolute Gasteiger partial charge is 0.228 e. The van der Waals surface area contributed by atoms with E-state index in [9.17, 15) is 4.79 Å². The van der Waals surface area contributed by atoms with E-state index in [1.165, 1.54) is 23.5 Å². The van der Waals surface area contributed by atoms with Crippen molar-refractivity contribution < 1.29 is 4.79 Å². The highest BCUT2D eigenvalue weighted by molar-refractivity contribution is 8.16.